The topological polar surface area (TPSA) is 32.4 Å². The minimum atomic E-state index is -1.39. The average molecular weight is 1980 g/mol. The Labute approximate surface area is 899 Å². The highest BCUT2D eigenvalue weighted by molar-refractivity contribution is 5.69. The molecule has 0 aromatic heterocycles. The lowest BCUT2D eigenvalue weighted by Crippen LogP contribution is -2.60. The molecular formula is C137H190N10. The molecule has 788 valence electrons. The Bertz CT molecular complexity index is 6100. The molecule has 147 heavy (non-hydrogen) atoms. The zero-order valence-corrected chi connectivity index (χ0v) is 88.1. The minimum Gasteiger partial charge on any atom is -0.345 e. The molecule has 0 bridgehead atoms. The van der Waals surface area contributed by atoms with Crippen LogP contribution < -0.4 is 24.5 Å². The van der Waals surface area contributed by atoms with Crippen LogP contribution in [0.3, 0.4) is 0 Å². The number of nitrogens with zero attached hydrogens (tertiary/aromatic N) is 10. The van der Waals surface area contributed by atoms with Crippen LogP contribution in [-0.2, 0) is 5.54 Å². The van der Waals surface area contributed by atoms with E-state index in [2.05, 4.69) is 338 Å². The number of hydrogen-bond acceptors (Lipinski definition) is 10. The van der Waals surface area contributed by atoms with Crippen molar-refractivity contribution in [2.75, 3.05) is 31.0 Å². The summed E-state index contributed by atoms with van der Waals surface area (Å²) < 4.78 is 36.2. The largest absolute Gasteiger partial charge is 0.345 e. The molecule has 0 amide bonds. The van der Waals surface area contributed by atoms with E-state index in [9.17, 15) is 2.74 Å². The number of allylic oxidation sites excluding steroid dienone is 10. The van der Waals surface area contributed by atoms with Gasteiger partial charge in [-0.25, -0.2) is 0 Å². The number of fused-ring (bicyclic) bond motifs is 5. The fourth-order valence-corrected chi connectivity index (χ4v) is 31.7. The van der Waals surface area contributed by atoms with Gasteiger partial charge in [0.05, 0.1) is 57.1 Å². The van der Waals surface area contributed by atoms with Crippen LogP contribution in [0.1, 0.15) is 385 Å². The lowest BCUT2D eigenvalue weighted by molar-refractivity contribution is 0.0161. The van der Waals surface area contributed by atoms with Gasteiger partial charge in [-0.05, 0) is 338 Å². The van der Waals surface area contributed by atoms with Crippen molar-refractivity contribution in [3.05, 3.63) is 339 Å². The van der Waals surface area contributed by atoms with Gasteiger partial charge in [-0.3, -0.25) is 0 Å². The minimum absolute atomic E-state index is 0. The van der Waals surface area contributed by atoms with Crippen LogP contribution >= 0.6 is 0 Å². The number of benzene rings is 7. The quantitative estimate of drug-likeness (QED) is 0.0933. The van der Waals surface area contributed by atoms with Gasteiger partial charge in [0, 0.05) is 63.4 Å². The molecular weight excluding hydrogens is 1790 g/mol. The molecule has 0 radical (unpaired) electrons. The molecule has 0 saturated heterocycles. The Kier molecular flexibility index (Phi) is 33.3. The first kappa shape index (κ1) is 103. The molecule has 26 rings (SSSR count). The second kappa shape index (κ2) is 47.6. The van der Waals surface area contributed by atoms with E-state index in [0.29, 0.717) is 54.0 Å². The van der Waals surface area contributed by atoms with Crippen LogP contribution in [0.2, 0.25) is 0 Å². The third kappa shape index (κ3) is 20.0. The summed E-state index contributed by atoms with van der Waals surface area (Å²) in [4.78, 5) is 26.0. The van der Waals surface area contributed by atoms with E-state index >= 15 is 0 Å². The summed E-state index contributed by atoms with van der Waals surface area (Å²) in [5.41, 5.74) is 29.5. The van der Waals surface area contributed by atoms with Gasteiger partial charge in [-0.2, -0.15) is 0 Å². The molecule has 10 heterocycles. The summed E-state index contributed by atoms with van der Waals surface area (Å²) in [6.45, 7) is 21.2. The zero-order valence-electron chi connectivity index (χ0n) is 92.1. The van der Waals surface area contributed by atoms with Gasteiger partial charge in [0.15, 0.2) is 0 Å². The van der Waals surface area contributed by atoms with Gasteiger partial charge in [-0.1, -0.05) is 367 Å². The first-order valence-electron chi connectivity index (χ1n) is 59.5. The number of para-hydroxylation sites is 5. The SMILES string of the molecule is C.C.C.C.C.CC1=C2C=CC(C3CCCC3)(C3CCCC3)N2C(C2CCCCC2)N1c1ccccc1C.CC1=C2C=CC(c3ccccc3)(C3CCCC3)N2C(C2CCCCC2)N1c1ccccc1C.[2H]C1(C2CCCC2)C=CC2=C(C)N(c3ccccc3C)C(C3CCCCC3)N21.[2H]C1([2H])C=CC2=C(C)N(c3ccccc3C)C(C3CCCCC3)N21.[2H]C1(c2ccccc2)C=CC2=C(C)N(c3ccccc3C)C(C3CCCCC3)N21. The Balaban J connectivity index is 0.000000128. The number of rotatable bonds is 16. The van der Waals surface area contributed by atoms with Gasteiger partial charge in [0.25, 0.3) is 0 Å². The van der Waals surface area contributed by atoms with Gasteiger partial charge in [0.1, 0.15) is 30.8 Å². The molecule has 10 heteroatoms. The fourth-order valence-electron chi connectivity index (χ4n) is 31.7. The van der Waals surface area contributed by atoms with E-state index in [0.717, 1.165) is 29.0 Å². The highest BCUT2D eigenvalue weighted by Gasteiger charge is 2.61. The summed E-state index contributed by atoms with van der Waals surface area (Å²) in [5.74, 6) is 6.05. The maximum absolute atomic E-state index is 9.63. The molecule has 8 unspecified atom stereocenters. The van der Waals surface area contributed by atoms with E-state index < -0.39 is 18.5 Å². The van der Waals surface area contributed by atoms with Gasteiger partial charge >= 0.3 is 0 Å². The molecule has 9 saturated carbocycles. The second-order valence-corrected chi connectivity index (χ2v) is 46.5. The monoisotopic (exact) mass is 1980 g/mol. The predicted molar refractivity (Wildman–Crippen MR) is 629 cm³/mol. The van der Waals surface area contributed by atoms with Crippen molar-refractivity contribution < 1.29 is 5.48 Å². The summed E-state index contributed by atoms with van der Waals surface area (Å²) in [6.07, 6.45) is 79.5. The molecule has 0 spiro atoms. The zero-order chi connectivity index (χ0) is 100. The summed E-state index contributed by atoms with van der Waals surface area (Å²) in [6, 6.07) is 64.6. The first-order valence-corrected chi connectivity index (χ1v) is 57.5. The van der Waals surface area contributed by atoms with Crippen molar-refractivity contribution in [2.24, 2.45) is 53.3 Å². The molecule has 19 aliphatic rings. The number of anilines is 5. The van der Waals surface area contributed by atoms with Crippen LogP contribution in [0.4, 0.5) is 28.4 Å². The molecule has 10 nitrogen and oxygen atoms in total. The van der Waals surface area contributed by atoms with Crippen LogP contribution in [0.15, 0.2) is 300 Å². The lowest BCUT2D eigenvalue weighted by Gasteiger charge is -2.53. The Morgan fingerprint density at radius 1 is 0.259 bits per heavy atom. The smallest absolute Gasteiger partial charge is 0.110 e. The molecule has 8 atom stereocenters. The normalized spacial score (nSPS) is 28.3. The van der Waals surface area contributed by atoms with Crippen LogP contribution in [-0.4, -0.2) is 73.4 Å². The Morgan fingerprint density at radius 3 is 0.980 bits per heavy atom. The van der Waals surface area contributed by atoms with E-state index in [1.54, 1.807) is 11.8 Å². The molecule has 9 fully saturated rings. The molecule has 9 aliphatic carbocycles. The Morgan fingerprint density at radius 2 is 0.558 bits per heavy atom. The van der Waals surface area contributed by atoms with Crippen molar-refractivity contribution >= 4 is 28.4 Å². The first-order chi connectivity index (χ1) is 71.2. The Hall–Kier alpha value is -10.1. The summed E-state index contributed by atoms with van der Waals surface area (Å²) in [5, 5.41) is 0. The van der Waals surface area contributed by atoms with Crippen molar-refractivity contribution in [1.29, 1.82) is 0 Å². The van der Waals surface area contributed by atoms with E-state index in [1.807, 2.05) is 17.0 Å². The molecule has 0 N–H and O–H groups in total. The standard InChI is InChI=1S/C31H38N2.C30H42N2.C26H30N2.C25H34N2.C20H26N2.5CH4/c1-23-13-9-12-20-28(23)32-24(2)29-21-22-31(27-18-10-11-19-27,26-16-7-4-8-17-26)33(29)30(32)25-14-5-3-6-15-25;1-22-12-6-11-19-27(22)31-23(2)28-20-21-30(25-15-7-8-16-25,26-17-9-10-18-26)32(28)29(31)24-13-4-3-5-14-24;1-19-11-9-10-16-23(19)27-20(2)24-17-18-25(21-12-5-3-6-13-21)28(24)26(27)22-14-7-4-8-15-22;1-18-10-6-9-15-22(18)26-19(2)23-16-17-24(20-11-7-8-12-20)27(23)25(26)21-13-4-3-5-14-21;1-15-9-6-7-12-18(15)22-16(2)19-13-8-14-21(19)20(22)17-10-4-3-5-11-17;;;;;/h4,7-9,12-13,16-17,20-22,25,27,30H,3,5-6,10-11,14-15,18-19H2,1-2H3;6,11-12,19-21,24-26,29H,3-5,7-10,13-18H2,1-2H3;3,5-6,9-13,16-18,22,25-26H,4,7-8,14-15H2,1-2H3;6,9-10,15-17,20-21,24-25H,3-5,7-8,11-14H2,1-2H3;6-9,12-13,17,20H,3-5,10-11,14H2,1-2H3;5*1H4/i;;25D;24D;14D2;;;;;. The predicted octanol–water partition coefficient (Wildman–Crippen LogP) is 36.8. The molecule has 7 aromatic rings. The third-order valence-corrected chi connectivity index (χ3v) is 38.5. The highest BCUT2D eigenvalue weighted by atomic mass is 15.5. The van der Waals surface area contributed by atoms with Gasteiger partial charge < -0.3 is 49.0 Å². The molecule has 10 aliphatic heterocycles. The maximum Gasteiger partial charge on any atom is 0.110 e. The average Bonchev–Trinajstić information content (AvgIpc) is 1.53. The highest BCUT2D eigenvalue weighted by Crippen LogP contribution is 2.62. The third-order valence-electron chi connectivity index (χ3n) is 38.5. The van der Waals surface area contributed by atoms with Crippen molar-refractivity contribution in [1.82, 2.24) is 24.5 Å². The van der Waals surface area contributed by atoms with Crippen molar-refractivity contribution in [3.8, 4) is 0 Å². The van der Waals surface area contributed by atoms with E-state index in [4.69, 9.17) is 2.74 Å². The second-order valence-electron chi connectivity index (χ2n) is 46.5. The van der Waals surface area contributed by atoms with Gasteiger partial charge in [-0.15, -0.1) is 0 Å². The molecule has 7 aromatic carbocycles. The number of hydrogen-bond donors (Lipinski definition) is 0. The summed E-state index contributed by atoms with van der Waals surface area (Å²) in [7, 11) is 0. The van der Waals surface area contributed by atoms with Crippen molar-refractivity contribution in [3.63, 3.8) is 0 Å². The van der Waals surface area contributed by atoms with Crippen LogP contribution in [0.25, 0.3) is 0 Å². The fraction of sp³-hybridized carbons (Fsp3) is 0.547. The van der Waals surface area contributed by atoms with Gasteiger partial charge in [0.2, 0.25) is 0 Å². The van der Waals surface area contributed by atoms with Crippen molar-refractivity contribution in [2.45, 2.75) is 424 Å². The number of aryl methyl sites for hydroxylation is 5. The van der Waals surface area contributed by atoms with E-state index in [-0.39, 0.29) is 60.5 Å². The summed E-state index contributed by atoms with van der Waals surface area (Å²) >= 11 is 0. The van der Waals surface area contributed by atoms with Crippen LogP contribution in [0, 0.1) is 87.9 Å². The van der Waals surface area contributed by atoms with E-state index in [1.165, 1.54) is 371 Å². The maximum atomic E-state index is 9.63. The van der Waals surface area contributed by atoms with Crippen LogP contribution in [0.5, 0.6) is 0 Å². The lowest BCUT2D eigenvalue weighted by atomic mass is 9.70.